The summed E-state index contributed by atoms with van der Waals surface area (Å²) < 4.78 is 340. The Balaban J connectivity index is 0.000000181. The monoisotopic (exact) mass is 1600 g/mol. The molecular formula is C88H63F23O3. The maximum atomic E-state index is 15.0. The predicted octanol–water partition coefficient (Wildman–Crippen LogP) is 28.1. The molecule has 0 heterocycles. The molecule has 0 aliphatic heterocycles. The highest BCUT2D eigenvalue weighted by Gasteiger charge is 2.45. The first kappa shape index (κ1) is 84.9. The van der Waals surface area contributed by atoms with Crippen LogP contribution in [-0.4, -0.2) is 0 Å². The Hall–Kier alpha value is -11.6. The summed E-state index contributed by atoms with van der Waals surface area (Å²) in [5.41, 5.74) is -0.561. The van der Waals surface area contributed by atoms with Crippen LogP contribution in [0.5, 0.6) is 17.2 Å². The van der Waals surface area contributed by atoms with Crippen LogP contribution in [0.3, 0.4) is 0 Å². The van der Waals surface area contributed by atoms with E-state index in [-0.39, 0.29) is 57.6 Å². The van der Waals surface area contributed by atoms with E-state index in [2.05, 4.69) is 28.1 Å². The van der Waals surface area contributed by atoms with Crippen molar-refractivity contribution in [2.75, 3.05) is 0 Å². The van der Waals surface area contributed by atoms with Gasteiger partial charge in [0.1, 0.15) is 97.9 Å². The van der Waals surface area contributed by atoms with Crippen LogP contribution >= 0.6 is 0 Å². The standard InChI is InChI=1S/C31H25F7O.C29H20F8O.C28H18F8O/c1-3-4-5-6-19-7-9-20(10-8-19)21-11-12-24(27(34)13-21)22-14-28(35)30(29(36)15-22)31(37,38)39-23-16-25(32)18(2)26(33)17-23;1-2-3-4-16-5-7-17(8-6-16)18-9-10-21(22(30)11-18)19-12-23(31)27(24(32)13-19)29(36,37)38-20-14-25(33)28(35)26(34)15-20;1-2-3-15-4-6-16(7-5-15)17-8-9-20(21(29)10-17)18-11-22(30)26(23(31)12-18)28(35,36)37-19-13-24(32)27(34)25(33)14-19/h7-17H,3-6H2,1-2H3;5-15H,2-4H2,1H3;4-14H,2-3H2,1H3. The van der Waals surface area contributed by atoms with Gasteiger partial charge in [-0.05, 0) is 160 Å². The molecule has 0 unspecified atom stereocenters. The van der Waals surface area contributed by atoms with E-state index in [1.54, 1.807) is 6.07 Å². The second kappa shape index (κ2) is 36.1. The van der Waals surface area contributed by atoms with Crippen molar-refractivity contribution in [3.8, 4) is 84.0 Å². The second-order valence-corrected chi connectivity index (χ2v) is 26.2. The van der Waals surface area contributed by atoms with Gasteiger partial charge in [0, 0.05) is 58.7 Å². The van der Waals surface area contributed by atoms with Crippen molar-refractivity contribution in [1.29, 1.82) is 0 Å². The van der Waals surface area contributed by atoms with Gasteiger partial charge in [-0.3, -0.25) is 0 Å². The molecule has 114 heavy (non-hydrogen) atoms. The van der Waals surface area contributed by atoms with Crippen LogP contribution < -0.4 is 14.2 Å². The molecule has 0 radical (unpaired) electrons. The van der Waals surface area contributed by atoms with Crippen molar-refractivity contribution in [3.05, 3.63) is 338 Å². The molecule has 0 aromatic heterocycles. The van der Waals surface area contributed by atoms with Gasteiger partial charge in [0.05, 0.1) is 0 Å². The third-order valence-electron chi connectivity index (χ3n) is 18.0. The van der Waals surface area contributed by atoms with Crippen molar-refractivity contribution < 1.29 is 115 Å². The van der Waals surface area contributed by atoms with E-state index in [1.807, 2.05) is 79.7 Å². The lowest BCUT2D eigenvalue weighted by molar-refractivity contribution is -0.190. The lowest BCUT2D eigenvalue weighted by Crippen LogP contribution is -2.25. The first-order valence-corrected chi connectivity index (χ1v) is 35.1. The fraction of sp³-hybridized carbons (Fsp3) is 0.182. The Bertz CT molecular complexity index is 5320. The minimum absolute atomic E-state index is 0.102. The highest BCUT2D eigenvalue weighted by Crippen LogP contribution is 2.44. The quantitative estimate of drug-likeness (QED) is 0.0343. The summed E-state index contributed by atoms with van der Waals surface area (Å²) in [4.78, 5) is 0. The first-order valence-electron chi connectivity index (χ1n) is 35.1. The average Bonchev–Trinajstić information content (AvgIpc) is 0.782. The van der Waals surface area contributed by atoms with Gasteiger partial charge in [-0.2, -0.15) is 26.3 Å². The van der Waals surface area contributed by atoms with Gasteiger partial charge < -0.3 is 14.2 Å². The lowest BCUT2D eigenvalue weighted by atomic mass is 9.97. The number of rotatable bonds is 24. The zero-order chi connectivity index (χ0) is 82.8. The molecule has 0 bridgehead atoms. The Morgan fingerprint density at radius 1 is 0.228 bits per heavy atom. The summed E-state index contributed by atoms with van der Waals surface area (Å²) in [5.74, 6) is -30.0. The molecule has 594 valence electrons. The van der Waals surface area contributed by atoms with E-state index in [4.69, 9.17) is 0 Å². The Morgan fingerprint density at radius 2 is 0.465 bits per heavy atom. The molecule has 0 aliphatic carbocycles. The van der Waals surface area contributed by atoms with E-state index in [9.17, 15) is 96.6 Å². The number of benzene rings is 12. The van der Waals surface area contributed by atoms with Crippen LogP contribution in [0.2, 0.25) is 0 Å². The van der Waals surface area contributed by atoms with Crippen molar-refractivity contribution in [2.24, 2.45) is 0 Å². The number of ether oxygens (including phenoxy) is 3. The number of unbranched alkanes of at least 4 members (excludes halogenated alkanes) is 3. The number of alkyl halides is 6. The normalized spacial score (nSPS) is 11.6. The van der Waals surface area contributed by atoms with Gasteiger partial charge >= 0.3 is 18.3 Å². The largest absolute Gasteiger partial charge is 0.432 e. The first-order chi connectivity index (χ1) is 54.0. The number of aryl methyl sites for hydroxylation is 3. The highest BCUT2D eigenvalue weighted by molar-refractivity contribution is 5.75. The maximum Gasteiger partial charge on any atom is 0.432 e. The number of hydrogen-bond acceptors (Lipinski definition) is 3. The van der Waals surface area contributed by atoms with E-state index in [1.165, 1.54) is 36.4 Å². The number of hydrogen-bond donors (Lipinski definition) is 0. The molecule has 0 spiro atoms. The molecular weight excluding hydrogens is 1540 g/mol. The molecule has 0 saturated carbocycles. The van der Waals surface area contributed by atoms with E-state index >= 15 is 4.39 Å². The summed E-state index contributed by atoms with van der Waals surface area (Å²) >= 11 is 0. The van der Waals surface area contributed by atoms with Gasteiger partial charge in [-0.15, -0.1) is 0 Å². The zero-order valence-corrected chi connectivity index (χ0v) is 60.3. The summed E-state index contributed by atoms with van der Waals surface area (Å²) in [5, 5.41) is 0. The summed E-state index contributed by atoms with van der Waals surface area (Å²) in [6.07, 6.45) is -4.97. The van der Waals surface area contributed by atoms with Crippen LogP contribution in [0.1, 0.15) is 98.2 Å². The van der Waals surface area contributed by atoms with Crippen LogP contribution in [0, 0.1) is 106 Å². The molecule has 0 aliphatic rings. The molecule has 26 heteroatoms. The molecule has 0 saturated heterocycles. The SMILES string of the molecule is CCCCCc1ccc(-c2ccc(-c3cc(F)c(C(F)(F)Oc4cc(F)c(C)c(F)c4)c(F)c3)c(F)c2)cc1.CCCCc1ccc(-c2ccc(-c3cc(F)c(C(F)(F)Oc4cc(F)c(F)c(F)c4)c(F)c3)c(F)c2)cc1.CCCc1ccc(-c2ccc(-c3cc(F)c(C(F)(F)Oc4cc(F)c(F)c(F)c4)c(F)c3)c(F)c2)cc1. The molecule has 0 N–H and O–H groups in total. The molecule has 12 aromatic rings. The van der Waals surface area contributed by atoms with Crippen molar-refractivity contribution in [2.45, 2.75) is 104 Å². The van der Waals surface area contributed by atoms with Crippen LogP contribution in [-0.2, 0) is 37.6 Å². The zero-order valence-electron chi connectivity index (χ0n) is 60.3. The minimum Gasteiger partial charge on any atom is -0.429 e. The van der Waals surface area contributed by atoms with Gasteiger partial charge in [0.15, 0.2) is 34.9 Å². The topological polar surface area (TPSA) is 27.7 Å². The molecule has 0 atom stereocenters. The van der Waals surface area contributed by atoms with Crippen LogP contribution in [0.15, 0.2) is 200 Å². The average molecular weight is 1610 g/mol. The Morgan fingerprint density at radius 3 is 0.719 bits per heavy atom. The molecule has 3 nitrogen and oxygen atoms in total. The third kappa shape index (κ3) is 20.1. The number of halogens is 23. The molecule has 0 amide bonds. The van der Waals surface area contributed by atoms with Gasteiger partial charge in [-0.25, -0.2) is 74.6 Å². The lowest BCUT2D eigenvalue weighted by Gasteiger charge is -2.20. The van der Waals surface area contributed by atoms with Crippen molar-refractivity contribution >= 4 is 0 Å². The fourth-order valence-corrected chi connectivity index (χ4v) is 12.1. The summed E-state index contributed by atoms with van der Waals surface area (Å²) in [7, 11) is 0. The van der Waals surface area contributed by atoms with Gasteiger partial charge in [0.25, 0.3) is 0 Å². The molecule has 12 aromatic carbocycles. The van der Waals surface area contributed by atoms with Gasteiger partial charge in [0.2, 0.25) is 0 Å². The fourth-order valence-electron chi connectivity index (χ4n) is 12.1. The third-order valence-corrected chi connectivity index (χ3v) is 18.0. The predicted molar refractivity (Wildman–Crippen MR) is 385 cm³/mol. The van der Waals surface area contributed by atoms with E-state index in [0.29, 0.717) is 76.3 Å². The minimum atomic E-state index is -4.74. The van der Waals surface area contributed by atoms with Crippen LogP contribution in [0.25, 0.3) is 66.8 Å². The second-order valence-electron chi connectivity index (χ2n) is 26.2. The van der Waals surface area contributed by atoms with E-state index < -0.39 is 157 Å². The summed E-state index contributed by atoms with van der Waals surface area (Å²) in [6, 6.07) is 39.0. The molecule has 0 fully saturated rings. The highest BCUT2D eigenvalue weighted by atomic mass is 19.3. The Labute approximate surface area is 638 Å². The van der Waals surface area contributed by atoms with Crippen molar-refractivity contribution in [3.63, 3.8) is 0 Å². The van der Waals surface area contributed by atoms with Crippen molar-refractivity contribution in [1.82, 2.24) is 0 Å². The van der Waals surface area contributed by atoms with E-state index in [0.717, 1.165) is 99.1 Å². The molecule has 12 rings (SSSR count). The Kier molecular flexibility index (Phi) is 26.8. The van der Waals surface area contributed by atoms with Gasteiger partial charge in [-0.1, -0.05) is 156 Å². The summed E-state index contributed by atoms with van der Waals surface area (Å²) in [6.45, 7) is 7.34. The van der Waals surface area contributed by atoms with Crippen LogP contribution in [0.4, 0.5) is 101 Å². The maximum absolute atomic E-state index is 15.0. The smallest absolute Gasteiger partial charge is 0.429 e.